The highest BCUT2D eigenvalue weighted by Crippen LogP contribution is 2.22. The number of carbonyl (C=O) groups is 1. The Hall–Kier alpha value is -3.31. The van der Waals surface area contributed by atoms with Gasteiger partial charge in [0.15, 0.2) is 0 Å². The molecule has 1 aromatic heterocycles. The van der Waals surface area contributed by atoms with Crippen LogP contribution in [0.1, 0.15) is 31.9 Å². The van der Waals surface area contributed by atoms with Crippen LogP contribution in [-0.2, 0) is 17.8 Å². The van der Waals surface area contributed by atoms with Gasteiger partial charge < -0.3 is 10.1 Å². The SMILES string of the molecule is CC(C)(C)OC(=O)Nn1cc(CNCc2cccc3ccccc23)c2ccccc21. The largest absolute Gasteiger partial charge is 0.443 e. The molecule has 0 bridgehead atoms. The van der Waals surface area contributed by atoms with E-state index in [1.54, 1.807) is 4.68 Å². The molecule has 0 aliphatic carbocycles. The molecule has 154 valence electrons. The fourth-order valence-electron chi connectivity index (χ4n) is 3.66. The number of hydrogen-bond donors (Lipinski definition) is 2. The van der Waals surface area contributed by atoms with E-state index in [4.69, 9.17) is 4.74 Å². The van der Waals surface area contributed by atoms with Gasteiger partial charge in [-0.3, -0.25) is 4.68 Å². The number of carbonyl (C=O) groups excluding carboxylic acids is 1. The van der Waals surface area contributed by atoms with E-state index in [0.717, 1.165) is 23.0 Å². The lowest BCUT2D eigenvalue weighted by Gasteiger charge is -2.20. The molecule has 0 aliphatic heterocycles. The van der Waals surface area contributed by atoms with Gasteiger partial charge in [0.1, 0.15) is 5.60 Å². The van der Waals surface area contributed by atoms with Gasteiger partial charge in [0.25, 0.3) is 0 Å². The van der Waals surface area contributed by atoms with Crippen LogP contribution in [0, 0.1) is 0 Å². The summed E-state index contributed by atoms with van der Waals surface area (Å²) in [5, 5.41) is 7.16. The fraction of sp³-hybridized carbons (Fsp3) is 0.240. The quantitative estimate of drug-likeness (QED) is 0.460. The molecule has 1 amide bonds. The number of aromatic nitrogens is 1. The van der Waals surface area contributed by atoms with Gasteiger partial charge in [-0.15, -0.1) is 0 Å². The van der Waals surface area contributed by atoms with E-state index in [2.05, 4.69) is 59.3 Å². The highest BCUT2D eigenvalue weighted by molar-refractivity contribution is 5.87. The molecule has 0 radical (unpaired) electrons. The summed E-state index contributed by atoms with van der Waals surface area (Å²) in [6, 6.07) is 22.8. The smallest absolute Gasteiger partial charge is 0.426 e. The van der Waals surface area contributed by atoms with E-state index >= 15 is 0 Å². The van der Waals surface area contributed by atoms with Gasteiger partial charge in [-0.2, -0.15) is 0 Å². The summed E-state index contributed by atoms with van der Waals surface area (Å²) < 4.78 is 7.13. The molecule has 3 aromatic carbocycles. The van der Waals surface area contributed by atoms with Crippen LogP contribution in [0.3, 0.4) is 0 Å². The van der Waals surface area contributed by atoms with Crippen molar-refractivity contribution in [1.82, 2.24) is 9.99 Å². The minimum absolute atomic E-state index is 0.474. The molecular weight excluding hydrogens is 374 g/mol. The van der Waals surface area contributed by atoms with Crippen LogP contribution in [-0.4, -0.2) is 16.4 Å². The van der Waals surface area contributed by atoms with E-state index in [1.165, 1.54) is 16.3 Å². The molecular formula is C25H27N3O2. The predicted octanol–water partition coefficient (Wildman–Crippen LogP) is 5.56. The molecule has 5 heteroatoms. The number of hydrogen-bond acceptors (Lipinski definition) is 3. The highest BCUT2D eigenvalue weighted by Gasteiger charge is 2.17. The number of nitrogens with one attached hydrogen (secondary N) is 2. The zero-order valence-electron chi connectivity index (χ0n) is 17.6. The van der Waals surface area contributed by atoms with Crippen molar-refractivity contribution < 1.29 is 9.53 Å². The number of amides is 1. The normalized spacial score (nSPS) is 11.7. The summed E-state index contributed by atoms with van der Waals surface area (Å²) >= 11 is 0. The predicted molar refractivity (Wildman–Crippen MR) is 122 cm³/mol. The monoisotopic (exact) mass is 401 g/mol. The van der Waals surface area contributed by atoms with E-state index in [1.807, 2.05) is 45.2 Å². The Morgan fingerprint density at radius 3 is 2.33 bits per heavy atom. The number of fused-ring (bicyclic) bond motifs is 2. The minimum atomic E-state index is -0.546. The molecule has 0 fully saturated rings. The maximum Gasteiger partial charge on any atom is 0.426 e. The molecule has 0 atom stereocenters. The summed E-state index contributed by atoms with van der Waals surface area (Å²) in [4.78, 5) is 12.2. The Morgan fingerprint density at radius 2 is 1.53 bits per heavy atom. The lowest BCUT2D eigenvalue weighted by Crippen LogP contribution is -2.31. The second-order valence-corrected chi connectivity index (χ2v) is 8.40. The van der Waals surface area contributed by atoms with Crippen LogP contribution >= 0.6 is 0 Å². The Labute approximate surface area is 176 Å². The van der Waals surface area contributed by atoms with Crippen molar-refractivity contribution in [2.24, 2.45) is 0 Å². The summed E-state index contributed by atoms with van der Waals surface area (Å²) in [6.45, 7) is 7.00. The molecule has 30 heavy (non-hydrogen) atoms. The van der Waals surface area contributed by atoms with Gasteiger partial charge >= 0.3 is 6.09 Å². The van der Waals surface area contributed by atoms with Gasteiger partial charge in [-0.05, 0) is 48.7 Å². The molecule has 4 aromatic rings. The zero-order chi connectivity index (χ0) is 21.1. The second kappa shape index (κ2) is 8.20. The van der Waals surface area contributed by atoms with Crippen molar-refractivity contribution >= 4 is 27.8 Å². The molecule has 4 rings (SSSR count). The first-order valence-electron chi connectivity index (χ1n) is 10.2. The molecule has 0 unspecified atom stereocenters. The highest BCUT2D eigenvalue weighted by atomic mass is 16.6. The van der Waals surface area contributed by atoms with Crippen molar-refractivity contribution in [2.45, 2.75) is 39.5 Å². The third-order valence-electron chi connectivity index (χ3n) is 4.92. The fourth-order valence-corrected chi connectivity index (χ4v) is 3.66. The molecule has 0 spiro atoms. The minimum Gasteiger partial charge on any atom is -0.443 e. The van der Waals surface area contributed by atoms with Crippen molar-refractivity contribution in [2.75, 3.05) is 5.43 Å². The maximum atomic E-state index is 12.2. The summed E-state index contributed by atoms with van der Waals surface area (Å²) in [5.74, 6) is 0. The van der Waals surface area contributed by atoms with E-state index in [0.29, 0.717) is 6.54 Å². The van der Waals surface area contributed by atoms with Crippen LogP contribution in [0.5, 0.6) is 0 Å². The Bertz CT molecular complexity index is 1180. The van der Waals surface area contributed by atoms with E-state index in [9.17, 15) is 4.79 Å². The van der Waals surface area contributed by atoms with Crippen molar-refractivity contribution in [3.63, 3.8) is 0 Å². The number of nitrogens with zero attached hydrogens (tertiary/aromatic N) is 1. The van der Waals surface area contributed by atoms with Gasteiger partial charge in [0.2, 0.25) is 0 Å². The lowest BCUT2D eigenvalue weighted by atomic mass is 10.0. The van der Waals surface area contributed by atoms with Gasteiger partial charge in [0.05, 0.1) is 5.52 Å². The maximum absolute atomic E-state index is 12.2. The molecule has 0 saturated carbocycles. The van der Waals surface area contributed by atoms with E-state index in [-0.39, 0.29) is 0 Å². The first-order chi connectivity index (χ1) is 14.4. The Balaban J connectivity index is 1.51. The van der Waals surface area contributed by atoms with Gasteiger partial charge in [-0.1, -0.05) is 60.7 Å². The molecule has 5 nitrogen and oxygen atoms in total. The first kappa shape index (κ1) is 20.0. The molecule has 1 heterocycles. The van der Waals surface area contributed by atoms with Crippen molar-refractivity contribution in [3.8, 4) is 0 Å². The summed E-state index contributed by atoms with van der Waals surface area (Å²) in [5.41, 5.74) is 5.59. The van der Waals surface area contributed by atoms with Crippen LogP contribution in [0.4, 0.5) is 4.79 Å². The molecule has 0 saturated heterocycles. The molecule has 0 aliphatic rings. The zero-order valence-corrected chi connectivity index (χ0v) is 17.6. The lowest BCUT2D eigenvalue weighted by molar-refractivity contribution is 0.0614. The van der Waals surface area contributed by atoms with Crippen LogP contribution in [0.15, 0.2) is 72.9 Å². The summed E-state index contributed by atoms with van der Waals surface area (Å²) in [7, 11) is 0. The standard InChI is InChI=1S/C25H27N3O2/c1-25(2,3)30-24(29)27-28-17-20(22-13-6-7-14-23(22)28)16-26-15-19-11-8-10-18-9-4-5-12-21(18)19/h4-14,17,26H,15-16H2,1-3H3,(H,27,29). The second-order valence-electron chi connectivity index (χ2n) is 8.40. The Morgan fingerprint density at radius 1 is 0.867 bits per heavy atom. The topological polar surface area (TPSA) is 55.3 Å². The number of para-hydroxylation sites is 1. The van der Waals surface area contributed by atoms with Crippen molar-refractivity contribution in [3.05, 3.63) is 84.1 Å². The van der Waals surface area contributed by atoms with Gasteiger partial charge in [0, 0.05) is 24.7 Å². The average Bonchev–Trinajstić information content (AvgIpc) is 3.04. The number of benzene rings is 3. The van der Waals surface area contributed by atoms with E-state index < -0.39 is 11.7 Å². The van der Waals surface area contributed by atoms with Crippen LogP contribution < -0.4 is 10.7 Å². The number of rotatable bonds is 5. The summed E-state index contributed by atoms with van der Waals surface area (Å²) in [6.07, 6.45) is 1.48. The first-order valence-corrected chi connectivity index (χ1v) is 10.2. The molecule has 2 N–H and O–H groups in total. The third kappa shape index (κ3) is 4.47. The third-order valence-corrected chi connectivity index (χ3v) is 4.92. The van der Waals surface area contributed by atoms with Crippen molar-refractivity contribution in [1.29, 1.82) is 0 Å². The average molecular weight is 402 g/mol. The van der Waals surface area contributed by atoms with Crippen LogP contribution in [0.25, 0.3) is 21.7 Å². The van der Waals surface area contributed by atoms with Crippen LogP contribution in [0.2, 0.25) is 0 Å². The van der Waals surface area contributed by atoms with Gasteiger partial charge in [-0.25, -0.2) is 10.2 Å². The number of ether oxygens (including phenoxy) is 1. The Kier molecular flexibility index (Phi) is 5.46.